The molecule has 0 heterocycles. The zero-order valence-corrected chi connectivity index (χ0v) is 12.3. The Hall–Kier alpha value is -2.33. The Kier molecular flexibility index (Phi) is 4.95. The zero-order chi connectivity index (χ0) is 15.2. The molecule has 0 aliphatic rings. The first-order chi connectivity index (χ1) is 10.1. The van der Waals surface area contributed by atoms with E-state index in [0.717, 1.165) is 16.8 Å². The summed E-state index contributed by atoms with van der Waals surface area (Å²) in [5, 5.41) is 12.0. The van der Waals surface area contributed by atoms with Crippen LogP contribution in [0.25, 0.3) is 0 Å². The van der Waals surface area contributed by atoms with Crippen LogP contribution >= 0.6 is 0 Å². The van der Waals surface area contributed by atoms with E-state index in [4.69, 9.17) is 5.11 Å². The number of rotatable bonds is 5. The average Bonchev–Trinajstić information content (AvgIpc) is 2.53. The number of amides is 1. The molecule has 2 aromatic rings. The van der Waals surface area contributed by atoms with Crippen LogP contribution in [0.1, 0.15) is 21.5 Å². The van der Waals surface area contributed by atoms with Crippen molar-refractivity contribution in [3.63, 3.8) is 0 Å². The second-order valence-corrected chi connectivity index (χ2v) is 5.10. The molecule has 0 fully saturated rings. The largest absolute Gasteiger partial charge is 0.392 e. The second kappa shape index (κ2) is 6.90. The lowest BCUT2D eigenvalue weighted by Gasteiger charge is -2.12. The lowest BCUT2D eigenvalue weighted by molar-refractivity contribution is 0.0951. The van der Waals surface area contributed by atoms with Crippen molar-refractivity contribution in [2.24, 2.45) is 0 Å². The molecule has 2 aromatic carbocycles. The maximum Gasteiger partial charge on any atom is 0.251 e. The van der Waals surface area contributed by atoms with Gasteiger partial charge in [0.25, 0.3) is 5.91 Å². The van der Waals surface area contributed by atoms with E-state index in [1.807, 2.05) is 67.5 Å². The third-order valence-corrected chi connectivity index (χ3v) is 3.27. The summed E-state index contributed by atoms with van der Waals surface area (Å²) >= 11 is 0. The molecule has 0 spiro atoms. The summed E-state index contributed by atoms with van der Waals surface area (Å²) in [5.74, 6) is -0.102. The number of carbonyl (C=O) groups is 1. The SMILES string of the molecule is CN(C)c1ccc(C(=O)NCc2cccc(CO)c2)cc1. The van der Waals surface area contributed by atoms with E-state index in [1.165, 1.54) is 0 Å². The van der Waals surface area contributed by atoms with Crippen LogP contribution < -0.4 is 10.2 Å². The summed E-state index contributed by atoms with van der Waals surface area (Å²) in [6.07, 6.45) is 0. The van der Waals surface area contributed by atoms with Crippen molar-refractivity contribution in [2.75, 3.05) is 19.0 Å². The summed E-state index contributed by atoms with van der Waals surface area (Å²) in [4.78, 5) is 14.1. The fourth-order valence-electron chi connectivity index (χ4n) is 2.03. The Morgan fingerprint density at radius 2 is 1.76 bits per heavy atom. The molecule has 21 heavy (non-hydrogen) atoms. The highest BCUT2D eigenvalue weighted by molar-refractivity contribution is 5.94. The maximum atomic E-state index is 12.1. The fraction of sp³-hybridized carbons (Fsp3) is 0.235. The number of aliphatic hydroxyl groups is 1. The van der Waals surface area contributed by atoms with E-state index in [9.17, 15) is 4.79 Å². The van der Waals surface area contributed by atoms with E-state index in [-0.39, 0.29) is 12.5 Å². The summed E-state index contributed by atoms with van der Waals surface area (Å²) in [7, 11) is 3.92. The minimum absolute atomic E-state index is 0.00772. The molecule has 0 unspecified atom stereocenters. The predicted octanol–water partition coefficient (Wildman–Crippen LogP) is 2.17. The molecule has 0 aromatic heterocycles. The fourth-order valence-corrected chi connectivity index (χ4v) is 2.03. The topological polar surface area (TPSA) is 52.6 Å². The number of carbonyl (C=O) groups excluding carboxylic acids is 1. The molecule has 0 saturated heterocycles. The van der Waals surface area contributed by atoms with Crippen LogP contribution in [0, 0.1) is 0 Å². The Bertz CT molecular complexity index is 606. The van der Waals surface area contributed by atoms with Gasteiger partial charge in [0.1, 0.15) is 0 Å². The van der Waals surface area contributed by atoms with Gasteiger partial charge >= 0.3 is 0 Å². The van der Waals surface area contributed by atoms with E-state index in [1.54, 1.807) is 0 Å². The molecule has 4 nitrogen and oxygen atoms in total. The number of benzene rings is 2. The van der Waals surface area contributed by atoms with Gasteiger partial charge in [-0.25, -0.2) is 0 Å². The van der Waals surface area contributed by atoms with Gasteiger partial charge in [-0.05, 0) is 35.4 Å². The Morgan fingerprint density at radius 3 is 2.38 bits per heavy atom. The van der Waals surface area contributed by atoms with Gasteiger partial charge in [0.15, 0.2) is 0 Å². The van der Waals surface area contributed by atoms with Crippen LogP contribution in [-0.2, 0) is 13.2 Å². The first-order valence-corrected chi connectivity index (χ1v) is 6.84. The predicted molar refractivity (Wildman–Crippen MR) is 84.3 cm³/mol. The monoisotopic (exact) mass is 284 g/mol. The van der Waals surface area contributed by atoms with Crippen molar-refractivity contribution in [1.29, 1.82) is 0 Å². The molecule has 0 saturated carbocycles. The molecule has 2 N–H and O–H groups in total. The van der Waals surface area contributed by atoms with Crippen molar-refractivity contribution in [3.8, 4) is 0 Å². The van der Waals surface area contributed by atoms with Crippen molar-refractivity contribution < 1.29 is 9.90 Å². The summed E-state index contributed by atoms with van der Waals surface area (Å²) in [6.45, 7) is 0.454. The molecular formula is C17H20N2O2. The molecular weight excluding hydrogens is 264 g/mol. The van der Waals surface area contributed by atoms with Crippen LogP contribution in [0.15, 0.2) is 48.5 Å². The van der Waals surface area contributed by atoms with Crippen LogP contribution in [0.2, 0.25) is 0 Å². The lowest BCUT2D eigenvalue weighted by Crippen LogP contribution is -2.22. The van der Waals surface area contributed by atoms with Crippen LogP contribution in [0.4, 0.5) is 5.69 Å². The zero-order valence-electron chi connectivity index (χ0n) is 12.3. The summed E-state index contributed by atoms with van der Waals surface area (Å²) in [5.41, 5.74) is 3.51. The molecule has 0 aliphatic heterocycles. The molecule has 2 rings (SSSR count). The van der Waals surface area contributed by atoms with Crippen molar-refractivity contribution in [3.05, 3.63) is 65.2 Å². The maximum absolute atomic E-state index is 12.1. The number of nitrogens with one attached hydrogen (secondary N) is 1. The molecule has 1 amide bonds. The number of nitrogens with zero attached hydrogens (tertiary/aromatic N) is 1. The first kappa shape index (κ1) is 15.1. The minimum atomic E-state index is -0.102. The Labute approximate surface area is 125 Å². The van der Waals surface area contributed by atoms with Crippen molar-refractivity contribution in [2.45, 2.75) is 13.2 Å². The molecule has 0 atom stereocenters. The van der Waals surface area contributed by atoms with Gasteiger partial charge < -0.3 is 15.3 Å². The minimum Gasteiger partial charge on any atom is -0.392 e. The highest BCUT2D eigenvalue weighted by Crippen LogP contribution is 2.12. The quantitative estimate of drug-likeness (QED) is 0.885. The standard InChI is InChI=1S/C17H20N2O2/c1-19(2)16-8-6-15(7-9-16)17(21)18-11-13-4-3-5-14(10-13)12-20/h3-10,20H,11-12H2,1-2H3,(H,18,21). The van der Waals surface area contributed by atoms with Gasteiger partial charge in [-0.1, -0.05) is 24.3 Å². The molecule has 110 valence electrons. The van der Waals surface area contributed by atoms with Crippen molar-refractivity contribution >= 4 is 11.6 Å². The smallest absolute Gasteiger partial charge is 0.251 e. The number of hydrogen-bond donors (Lipinski definition) is 2. The number of anilines is 1. The van der Waals surface area contributed by atoms with E-state index in [2.05, 4.69) is 5.32 Å². The number of hydrogen-bond acceptors (Lipinski definition) is 3. The second-order valence-electron chi connectivity index (χ2n) is 5.10. The van der Waals surface area contributed by atoms with Gasteiger partial charge in [-0.2, -0.15) is 0 Å². The molecule has 0 radical (unpaired) electrons. The highest BCUT2D eigenvalue weighted by atomic mass is 16.3. The normalized spacial score (nSPS) is 10.2. The van der Waals surface area contributed by atoms with Crippen molar-refractivity contribution in [1.82, 2.24) is 5.32 Å². The summed E-state index contributed by atoms with van der Waals surface area (Å²) in [6, 6.07) is 15.0. The average molecular weight is 284 g/mol. The third kappa shape index (κ3) is 4.07. The van der Waals surface area contributed by atoms with E-state index < -0.39 is 0 Å². The van der Waals surface area contributed by atoms with E-state index in [0.29, 0.717) is 12.1 Å². The lowest BCUT2D eigenvalue weighted by atomic mass is 10.1. The molecule has 0 aliphatic carbocycles. The highest BCUT2D eigenvalue weighted by Gasteiger charge is 2.06. The Balaban J connectivity index is 1.97. The van der Waals surface area contributed by atoms with Crippen LogP contribution in [-0.4, -0.2) is 25.1 Å². The van der Waals surface area contributed by atoms with Crippen LogP contribution in [0.3, 0.4) is 0 Å². The van der Waals surface area contributed by atoms with Gasteiger partial charge in [0, 0.05) is 31.9 Å². The Morgan fingerprint density at radius 1 is 1.10 bits per heavy atom. The third-order valence-electron chi connectivity index (χ3n) is 3.27. The van der Waals surface area contributed by atoms with Crippen LogP contribution in [0.5, 0.6) is 0 Å². The first-order valence-electron chi connectivity index (χ1n) is 6.84. The van der Waals surface area contributed by atoms with Gasteiger partial charge in [-0.3, -0.25) is 4.79 Å². The summed E-state index contributed by atoms with van der Waals surface area (Å²) < 4.78 is 0. The van der Waals surface area contributed by atoms with Gasteiger partial charge in [0.2, 0.25) is 0 Å². The van der Waals surface area contributed by atoms with E-state index >= 15 is 0 Å². The van der Waals surface area contributed by atoms with Gasteiger partial charge in [0.05, 0.1) is 6.61 Å². The molecule has 4 heteroatoms. The number of aliphatic hydroxyl groups excluding tert-OH is 1. The molecule has 0 bridgehead atoms. The van der Waals surface area contributed by atoms with Gasteiger partial charge in [-0.15, -0.1) is 0 Å².